The number of rotatable bonds is 5. The third-order valence-corrected chi connectivity index (χ3v) is 5.18. The van der Waals surface area contributed by atoms with Gasteiger partial charge in [0.25, 0.3) is 0 Å². The van der Waals surface area contributed by atoms with Crippen LogP contribution in [0.1, 0.15) is 18.6 Å². The van der Waals surface area contributed by atoms with Crippen molar-refractivity contribution in [1.29, 1.82) is 0 Å². The van der Waals surface area contributed by atoms with Gasteiger partial charge in [-0.05, 0) is 37.1 Å². The largest absolute Gasteiger partial charge is 0.468 e. The number of anilines is 1. The van der Waals surface area contributed by atoms with Crippen molar-refractivity contribution in [3.8, 4) is 0 Å². The van der Waals surface area contributed by atoms with E-state index in [-0.39, 0.29) is 23.3 Å². The Balaban J connectivity index is 1.96. The fourth-order valence-corrected chi connectivity index (χ4v) is 3.80. The molecule has 0 atom stereocenters. The van der Waals surface area contributed by atoms with E-state index in [2.05, 4.69) is 4.98 Å². The van der Waals surface area contributed by atoms with Crippen molar-refractivity contribution in [1.82, 2.24) is 9.29 Å². The first kappa shape index (κ1) is 13.1. The highest BCUT2D eigenvalue weighted by Crippen LogP contribution is 2.34. The zero-order valence-corrected chi connectivity index (χ0v) is 11.6. The van der Waals surface area contributed by atoms with E-state index in [0.29, 0.717) is 5.76 Å². The molecule has 20 heavy (non-hydrogen) atoms. The van der Waals surface area contributed by atoms with Gasteiger partial charge in [-0.1, -0.05) is 0 Å². The second kappa shape index (κ2) is 4.92. The number of aromatic nitrogens is 1. The lowest BCUT2D eigenvalue weighted by Crippen LogP contribution is -2.33. The number of hydrogen-bond donors (Lipinski definition) is 1. The van der Waals surface area contributed by atoms with Crippen LogP contribution in [0.3, 0.4) is 0 Å². The van der Waals surface area contributed by atoms with Crippen LogP contribution in [-0.4, -0.2) is 23.7 Å². The Morgan fingerprint density at radius 1 is 1.35 bits per heavy atom. The van der Waals surface area contributed by atoms with Gasteiger partial charge in [-0.3, -0.25) is 0 Å². The monoisotopic (exact) mass is 293 g/mol. The van der Waals surface area contributed by atoms with Gasteiger partial charge in [-0.15, -0.1) is 0 Å². The van der Waals surface area contributed by atoms with E-state index < -0.39 is 10.0 Å². The zero-order chi connectivity index (χ0) is 14.2. The number of nitrogen functional groups attached to an aromatic ring is 1. The maximum atomic E-state index is 12.7. The van der Waals surface area contributed by atoms with Crippen LogP contribution in [-0.2, 0) is 16.6 Å². The Kier molecular flexibility index (Phi) is 3.23. The second-order valence-electron chi connectivity index (χ2n) is 4.75. The van der Waals surface area contributed by atoms with Gasteiger partial charge in [-0.25, -0.2) is 13.4 Å². The fraction of sp³-hybridized carbons (Fsp3) is 0.308. The molecule has 2 aromatic heterocycles. The summed E-state index contributed by atoms with van der Waals surface area (Å²) in [6.45, 7) is 0.217. The molecule has 0 unspecified atom stereocenters. The summed E-state index contributed by atoms with van der Waals surface area (Å²) in [7, 11) is -3.66. The average Bonchev–Trinajstić information content (AvgIpc) is 3.12. The lowest BCUT2D eigenvalue weighted by molar-refractivity contribution is 0.357. The predicted molar refractivity (Wildman–Crippen MR) is 73.1 cm³/mol. The van der Waals surface area contributed by atoms with Crippen molar-refractivity contribution < 1.29 is 12.8 Å². The third-order valence-electron chi connectivity index (χ3n) is 3.23. The molecular formula is C13H15N3O3S. The Bertz CT molecular complexity index is 693. The summed E-state index contributed by atoms with van der Waals surface area (Å²) in [5, 5.41) is 0. The molecule has 0 saturated heterocycles. The van der Waals surface area contributed by atoms with Gasteiger partial charge >= 0.3 is 0 Å². The van der Waals surface area contributed by atoms with Crippen molar-refractivity contribution >= 4 is 15.8 Å². The van der Waals surface area contributed by atoms with E-state index >= 15 is 0 Å². The molecule has 0 amide bonds. The van der Waals surface area contributed by atoms with Crippen LogP contribution < -0.4 is 5.73 Å². The number of nitrogens with two attached hydrogens (primary N) is 1. The summed E-state index contributed by atoms with van der Waals surface area (Å²) in [4.78, 5) is 3.91. The summed E-state index contributed by atoms with van der Waals surface area (Å²) < 4.78 is 32.1. The van der Waals surface area contributed by atoms with Crippen LogP contribution in [0.5, 0.6) is 0 Å². The van der Waals surface area contributed by atoms with Gasteiger partial charge in [0.15, 0.2) is 0 Å². The second-order valence-corrected chi connectivity index (χ2v) is 6.61. The Morgan fingerprint density at radius 3 is 2.75 bits per heavy atom. The summed E-state index contributed by atoms with van der Waals surface area (Å²) in [5.74, 6) is 0.639. The Hall–Kier alpha value is -1.86. The van der Waals surface area contributed by atoms with Gasteiger partial charge in [0.2, 0.25) is 10.0 Å². The number of furan rings is 1. The minimum absolute atomic E-state index is 0.0182. The van der Waals surface area contributed by atoms with Gasteiger partial charge in [0.05, 0.1) is 12.8 Å². The highest BCUT2D eigenvalue weighted by Gasteiger charge is 2.39. The van der Waals surface area contributed by atoms with E-state index in [1.165, 1.54) is 22.8 Å². The first-order valence-corrected chi connectivity index (χ1v) is 7.78. The summed E-state index contributed by atoms with van der Waals surface area (Å²) in [6, 6.07) is 6.57. The maximum Gasteiger partial charge on any atom is 0.247 e. The van der Waals surface area contributed by atoms with Gasteiger partial charge in [0, 0.05) is 12.2 Å². The average molecular weight is 293 g/mol. The van der Waals surface area contributed by atoms with Crippen LogP contribution in [0.25, 0.3) is 0 Å². The molecule has 106 valence electrons. The Labute approximate surface area is 117 Å². The molecule has 0 radical (unpaired) electrons. The highest BCUT2D eigenvalue weighted by molar-refractivity contribution is 7.89. The van der Waals surface area contributed by atoms with Gasteiger partial charge in [-0.2, -0.15) is 4.31 Å². The highest BCUT2D eigenvalue weighted by atomic mass is 32.2. The molecule has 0 aromatic carbocycles. The predicted octanol–water partition coefficient (Wildman–Crippen LogP) is 1.61. The first-order valence-electron chi connectivity index (χ1n) is 6.34. The molecule has 2 heterocycles. The molecule has 0 aliphatic heterocycles. The van der Waals surface area contributed by atoms with Crippen molar-refractivity contribution in [2.45, 2.75) is 30.3 Å². The van der Waals surface area contributed by atoms with Crippen LogP contribution >= 0.6 is 0 Å². The normalized spacial score (nSPS) is 15.7. The van der Waals surface area contributed by atoms with Crippen molar-refractivity contribution in [3.63, 3.8) is 0 Å². The van der Waals surface area contributed by atoms with Gasteiger partial charge < -0.3 is 10.2 Å². The molecule has 2 aromatic rings. The molecule has 6 nitrogen and oxygen atoms in total. The van der Waals surface area contributed by atoms with Crippen LogP contribution in [0.4, 0.5) is 5.82 Å². The molecule has 1 fully saturated rings. The topological polar surface area (TPSA) is 89.4 Å². The van der Waals surface area contributed by atoms with Crippen molar-refractivity contribution in [3.05, 3.63) is 42.5 Å². The lowest BCUT2D eigenvalue weighted by Gasteiger charge is -2.21. The van der Waals surface area contributed by atoms with Crippen molar-refractivity contribution in [2.24, 2.45) is 0 Å². The van der Waals surface area contributed by atoms with E-state index in [1.807, 2.05) is 0 Å². The molecule has 1 aliphatic rings. The number of pyridine rings is 1. The molecule has 2 N–H and O–H groups in total. The molecule has 7 heteroatoms. The minimum atomic E-state index is -3.66. The smallest absolute Gasteiger partial charge is 0.247 e. The van der Waals surface area contributed by atoms with Crippen molar-refractivity contribution in [2.75, 3.05) is 5.73 Å². The van der Waals surface area contributed by atoms with Gasteiger partial charge in [0.1, 0.15) is 16.5 Å². The van der Waals surface area contributed by atoms with E-state index in [9.17, 15) is 8.42 Å². The molecule has 1 aliphatic carbocycles. The number of nitrogens with zero attached hydrogens (tertiary/aromatic N) is 2. The molecule has 3 rings (SSSR count). The zero-order valence-electron chi connectivity index (χ0n) is 10.8. The molecule has 1 saturated carbocycles. The molecule has 0 spiro atoms. The Morgan fingerprint density at radius 2 is 2.15 bits per heavy atom. The number of hydrogen-bond acceptors (Lipinski definition) is 5. The van der Waals surface area contributed by atoms with Crippen LogP contribution in [0, 0.1) is 0 Å². The first-order chi connectivity index (χ1) is 9.59. The van der Waals surface area contributed by atoms with E-state index in [4.69, 9.17) is 10.2 Å². The summed E-state index contributed by atoms with van der Waals surface area (Å²) in [6.07, 6.45) is 4.73. The summed E-state index contributed by atoms with van der Waals surface area (Å²) in [5.41, 5.74) is 5.70. The van der Waals surface area contributed by atoms with Crippen LogP contribution in [0.2, 0.25) is 0 Å². The lowest BCUT2D eigenvalue weighted by atomic mass is 10.4. The van der Waals surface area contributed by atoms with E-state index in [0.717, 1.165) is 12.8 Å². The maximum absolute atomic E-state index is 12.7. The SMILES string of the molecule is Nc1ncccc1S(=O)(=O)N(Cc1ccco1)C1CC1. The quantitative estimate of drug-likeness (QED) is 0.904. The van der Waals surface area contributed by atoms with Crippen LogP contribution in [0.15, 0.2) is 46.0 Å². The molecule has 0 bridgehead atoms. The third kappa shape index (κ3) is 2.41. The fourth-order valence-electron chi connectivity index (χ4n) is 2.08. The molecular weight excluding hydrogens is 278 g/mol. The van der Waals surface area contributed by atoms with E-state index in [1.54, 1.807) is 18.2 Å². The minimum Gasteiger partial charge on any atom is -0.468 e. The number of sulfonamides is 1. The summed E-state index contributed by atoms with van der Waals surface area (Å²) >= 11 is 0. The standard InChI is InChI=1S/C13H15N3O3S/c14-13-12(4-1-7-15-13)20(17,18)16(10-5-6-10)9-11-3-2-8-19-11/h1-4,7-8,10H,5-6,9H2,(H2,14,15).